The molecule has 1 unspecified atom stereocenters. The normalized spacial score (nSPS) is 23.1. The second kappa shape index (κ2) is 6.49. The van der Waals surface area contributed by atoms with Crippen molar-refractivity contribution in [1.82, 2.24) is 9.21 Å². The number of likely N-dealkylation sites (N-methyl/N-ethyl adjacent to an activating group) is 1. The zero-order valence-electron chi connectivity index (χ0n) is 11.0. The highest BCUT2D eigenvalue weighted by Crippen LogP contribution is 2.14. The summed E-state index contributed by atoms with van der Waals surface area (Å²) in [6, 6.07) is 0.220. The summed E-state index contributed by atoms with van der Waals surface area (Å²) in [4.78, 5) is 12.6. The first-order valence-corrected chi connectivity index (χ1v) is 7.91. The highest BCUT2D eigenvalue weighted by molar-refractivity contribution is 7.89. The Kier molecular flexibility index (Phi) is 5.55. The second-order valence-corrected chi connectivity index (χ2v) is 6.74. The van der Waals surface area contributed by atoms with Crippen LogP contribution in [-0.2, 0) is 14.8 Å². The number of rotatable bonds is 6. The lowest BCUT2D eigenvalue weighted by Gasteiger charge is -2.38. The number of nitrogens with zero attached hydrogens (tertiary/aromatic N) is 2. The Hall–Kier alpha value is -0.660. The van der Waals surface area contributed by atoms with Crippen LogP contribution >= 0.6 is 0 Å². The Morgan fingerprint density at radius 2 is 2.06 bits per heavy atom. The van der Waals surface area contributed by atoms with Gasteiger partial charge in [0.1, 0.15) is 0 Å². The summed E-state index contributed by atoms with van der Waals surface area (Å²) in [6.45, 7) is 6.76. The molecule has 0 saturated carbocycles. The van der Waals surface area contributed by atoms with Crippen LogP contribution in [0.15, 0.2) is 0 Å². The average Bonchev–Trinajstić information content (AvgIpc) is 2.28. The summed E-state index contributed by atoms with van der Waals surface area (Å²) < 4.78 is 25.5. The van der Waals surface area contributed by atoms with Gasteiger partial charge in [0, 0.05) is 32.1 Å². The minimum absolute atomic E-state index is 0.0713. The topological polar surface area (TPSA) is 77.9 Å². The monoisotopic (exact) mass is 278 g/mol. The molecule has 0 aromatic rings. The number of carbonyl (C=O) groups is 1. The van der Waals surface area contributed by atoms with Crippen molar-refractivity contribution in [2.24, 2.45) is 0 Å². The molecule has 0 radical (unpaired) electrons. The van der Waals surface area contributed by atoms with Gasteiger partial charge in [-0.2, -0.15) is 4.31 Å². The van der Waals surface area contributed by atoms with Crippen LogP contribution < -0.4 is 0 Å². The van der Waals surface area contributed by atoms with Gasteiger partial charge in [0.2, 0.25) is 10.0 Å². The van der Waals surface area contributed by atoms with E-state index in [4.69, 9.17) is 5.11 Å². The van der Waals surface area contributed by atoms with Crippen molar-refractivity contribution in [1.29, 1.82) is 0 Å². The number of carboxylic acids is 1. The van der Waals surface area contributed by atoms with E-state index in [1.165, 1.54) is 4.31 Å². The highest BCUT2D eigenvalue weighted by atomic mass is 32.2. The molecule has 6 nitrogen and oxygen atoms in total. The Morgan fingerprint density at radius 3 is 2.56 bits per heavy atom. The molecule has 1 heterocycles. The lowest BCUT2D eigenvalue weighted by atomic mass is 10.2. The molecular weight excluding hydrogens is 256 g/mol. The fourth-order valence-electron chi connectivity index (χ4n) is 2.22. The molecule has 1 saturated heterocycles. The first kappa shape index (κ1) is 15.4. The summed E-state index contributed by atoms with van der Waals surface area (Å²) >= 11 is 0. The smallest absolute Gasteiger partial charge is 0.303 e. The van der Waals surface area contributed by atoms with Gasteiger partial charge < -0.3 is 5.11 Å². The number of aliphatic carboxylic acids is 1. The first-order valence-electron chi connectivity index (χ1n) is 6.30. The Balaban J connectivity index is 2.51. The maximum Gasteiger partial charge on any atom is 0.303 e. The van der Waals surface area contributed by atoms with Crippen molar-refractivity contribution in [3.05, 3.63) is 0 Å². The number of carboxylic acid groups (broad SMARTS) is 1. The molecule has 1 fully saturated rings. The number of hydrogen-bond acceptors (Lipinski definition) is 4. The fraction of sp³-hybridized carbons (Fsp3) is 0.909. The number of hydrogen-bond donors (Lipinski definition) is 1. The van der Waals surface area contributed by atoms with Crippen LogP contribution in [0.2, 0.25) is 0 Å². The van der Waals surface area contributed by atoms with Crippen molar-refractivity contribution >= 4 is 16.0 Å². The summed E-state index contributed by atoms with van der Waals surface area (Å²) in [5.41, 5.74) is 0. The van der Waals surface area contributed by atoms with Gasteiger partial charge in [0.05, 0.1) is 5.75 Å². The third-order valence-corrected chi connectivity index (χ3v) is 5.24. The van der Waals surface area contributed by atoms with Crippen LogP contribution in [0.3, 0.4) is 0 Å². The molecule has 0 bridgehead atoms. The molecule has 1 aliphatic rings. The predicted molar refractivity (Wildman–Crippen MR) is 68.9 cm³/mol. The maximum atomic E-state index is 12.0. The van der Waals surface area contributed by atoms with E-state index in [1.807, 2.05) is 6.92 Å². The molecule has 0 aromatic heterocycles. The summed E-state index contributed by atoms with van der Waals surface area (Å²) in [6.07, 6.45) is 0.0871. The van der Waals surface area contributed by atoms with Gasteiger partial charge in [-0.15, -0.1) is 0 Å². The minimum Gasteiger partial charge on any atom is -0.481 e. The number of piperazine rings is 1. The second-order valence-electron chi connectivity index (χ2n) is 4.65. The van der Waals surface area contributed by atoms with Crippen molar-refractivity contribution in [2.45, 2.75) is 32.7 Å². The lowest BCUT2D eigenvalue weighted by Crippen LogP contribution is -2.53. The van der Waals surface area contributed by atoms with Gasteiger partial charge in [-0.1, -0.05) is 6.92 Å². The number of sulfonamides is 1. The molecule has 0 amide bonds. The zero-order valence-corrected chi connectivity index (χ0v) is 11.8. The van der Waals surface area contributed by atoms with Crippen LogP contribution in [-0.4, -0.2) is 66.7 Å². The molecule has 18 heavy (non-hydrogen) atoms. The molecule has 1 atom stereocenters. The maximum absolute atomic E-state index is 12.0. The van der Waals surface area contributed by atoms with Gasteiger partial charge in [-0.3, -0.25) is 9.69 Å². The van der Waals surface area contributed by atoms with E-state index >= 15 is 0 Å². The molecule has 0 aromatic carbocycles. The highest BCUT2D eigenvalue weighted by Gasteiger charge is 2.29. The van der Waals surface area contributed by atoms with Gasteiger partial charge in [0.15, 0.2) is 0 Å². The first-order chi connectivity index (χ1) is 8.36. The van der Waals surface area contributed by atoms with E-state index in [-0.39, 0.29) is 24.6 Å². The van der Waals surface area contributed by atoms with E-state index < -0.39 is 16.0 Å². The quantitative estimate of drug-likeness (QED) is 0.751. The zero-order chi connectivity index (χ0) is 13.8. The van der Waals surface area contributed by atoms with Crippen molar-refractivity contribution < 1.29 is 18.3 Å². The summed E-state index contributed by atoms with van der Waals surface area (Å²) in [5, 5.41) is 8.51. The lowest BCUT2D eigenvalue weighted by molar-refractivity contribution is -0.137. The third kappa shape index (κ3) is 4.22. The summed E-state index contributed by atoms with van der Waals surface area (Å²) in [7, 11) is -3.30. The molecule has 1 rings (SSSR count). The Morgan fingerprint density at radius 1 is 1.39 bits per heavy atom. The van der Waals surface area contributed by atoms with E-state index in [0.29, 0.717) is 13.1 Å². The van der Waals surface area contributed by atoms with E-state index in [1.54, 1.807) is 0 Å². The van der Waals surface area contributed by atoms with Gasteiger partial charge >= 0.3 is 5.97 Å². The predicted octanol–water partition coefficient (Wildman–Crippen LogP) is 0.207. The van der Waals surface area contributed by atoms with Crippen molar-refractivity contribution in [3.8, 4) is 0 Å². The standard InChI is InChI=1S/C11H22N2O4S/c1-3-12-6-7-13(9-10(12)2)18(16,17)8-4-5-11(14)15/h10H,3-9H2,1-2H3,(H,14,15). The van der Waals surface area contributed by atoms with Gasteiger partial charge in [-0.05, 0) is 19.9 Å². The average molecular weight is 278 g/mol. The largest absolute Gasteiger partial charge is 0.481 e. The van der Waals surface area contributed by atoms with Crippen LogP contribution in [0.25, 0.3) is 0 Å². The molecule has 1 N–H and O–H groups in total. The van der Waals surface area contributed by atoms with E-state index in [0.717, 1.165) is 13.1 Å². The van der Waals surface area contributed by atoms with E-state index in [2.05, 4.69) is 11.8 Å². The van der Waals surface area contributed by atoms with E-state index in [9.17, 15) is 13.2 Å². The molecule has 0 aliphatic carbocycles. The summed E-state index contributed by atoms with van der Waals surface area (Å²) in [5.74, 6) is -1.02. The Bertz CT molecular complexity index is 383. The molecular formula is C11H22N2O4S. The minimum atomic E-state index is -3.30. The molecule has 106 valence electrons. The van der Waals surface area contributed by atoms with Crippen LogP contribution in [0, 0.1) is 0 Å². The van der Waals surface area contributed by atoms with Crippen LogP contribution in [0.5, 0.6) is 0 Å². The SMILES string of the molecule is CCN1CCN(S(=O)(=O)CCCC(=O)O)CC1C. The van der Waals surface area contributed by atoms with Crippen LogP contribution in [0.1, 0.15) is 26.7 Å². The third-order valence-electron chi connectivity index (χ3n) is 3.32. The van der Waals surface area contributed by atoms with Crippen molar-refractivity contribution in [3.63, 3.8) is 0 Å². The molecule has 1 aliphatic heterocycles. The fourth-order valence-corrected chi connectivity index (χ4v) is 3.79. The van der Waals surface area contributed by atoms with Crippen LogP contribution in [0.4, 0.5) is 0 Å². The van der Waals surface area contributed by atoms with Gasteiger partial charge in [0.25, 0.3) is 0 Å². The molecule has 0 spiro atoms. The molecule has 7 heteroatoms. The van der Waals surface area contributed by atoms with Gasteiger partial charge in [-0.25, -0.2) is 8.42 Å². The van der Waals surface area contributed by atoms with Crippen molar-refractivity contribution in [2.75, 3.05) is 31.9 Å². The Labute approximate surface area is 109 Å².